The zero-order valence-corrected chi connectivity index (χ0v) is 15.5. The van der Waals surface area contributed by atoms with Gasteiger partial charge in [0.15, 0.2) is 0 Å². The Hall–Kier alpha value is -2.33. The smallest absolute Gasteiger partial charge is 0.240 e. The van der Waals surface area contributed by atoms with Gasteiger partial charge in [0.05, 0.1) is 24.1 Å². The predicted octanol–water partition coefficient (Wildman–Crippen LogP) is 4.26. The van der Waals surface area contributed by atoms with Gasteiger partial charge in [-0.3, -0.25) is 4.68 Å². The molecule has 0 radical (unpaired) electrons. The number of rotatable bonds is 7. The van der Waals surface area contributed by atoms with Gasteiger partial charge in [-0.1, -0.05) is 42.0 Å². The monoisotopic (exact) mass is 349 g/mol. The van der Waals surface area contributed by atoms with E-state index in [4.69, 9.17) is 9.84 Å². The van der Waals surface area contributed by atoms with Gasteiger partial charge in [-0.2, -0.15) is 0 Å². The fourth-order valence-corrected chi connectivity index (χ4v) is 3.71. The van der Waals surface area contributed by atoms with Crippen LogP contribution < -0.4 is 4.74 Å². The molecule has 0 atom stereocenters. The average Bonchev–Trinajstić information content (AvgIpc) is 3.28. The summed E-state index contributed by atoms with van der Waals surface area (Å²) in [7, 11) is 0. The van der Waals surface area contributed by atoms with Crippen LogP contribution in [0.1, 0.15) is 30.4 Å². The highest BCUT2D eigenvalue weighted by molar-refractivity contribution is 5.85. The van der Waals surface area contributed by atoms with Gasteiger partial charge in [0, 0.05) is 6.54 Å². The molecule has 0 unspecified atom stereocenters. The third-order valence-electron chi connectivity index (χ3n) is 5.10. The van der Waals surface area contributed by atoms with E-state index in [1.54, 1.807) is 0 Å². The minimum Gasteiger partial charge on any atom is -0.476 e. The van der Waals surface area contributed by atoms with Crippen LogP contribution in [0.2, 0.25) is 0 Å². The molecule has 4 nitrogen and oxygen atoms in total. The number of fused-ring (bicyclic) bond motifs is 1. The fraction of sp³-hybridized carbons (Fsp3) is 0.409. The van der Waals surface area contributed by atoms with Gasteiger partial charge >= 0.3 is 0 Å². The van der Waals surface area contributed by atoms with Crippen molar-refractivity contribution in [1.29, 1.82) is 0 Å². The molecule has 0 amide bonds. The van der Waals surface area contributed by atoms with Crippen LogP contribution in [0.25, 0.3) is 10.9 Å². The van der Waals surface area contributed by atoms with Crippen LogP contribution in [0.15, 0.2) is 48.5 Å². The Labute approximate surface area is 155 Å². The van der Waals surface area contributed by atoms with E-state index in [9.17, 15) is 0 Å². The van der Waals surface area contributed by atoms with Crippen LogP contribution in [0, 0.1) is 6.92 Å². The molecule has 136 valence electrons. The number of likely N-dealkylation sites (tertiary alicyclic amines) is 1. The van der Waals surface area contributed by atoms with Crippen molar-refractivity contribution in [3.8, 4) is 5.88 Å². The molecule has 2 aromatic carbocycles. The van der Waals surface area contributed by atoms with E-state index < -0.39 is 0 Å². The molecule has 4 rings (SSSR count). The largest absolute Gasteiger partial charge is 0.476 e. The standard InChI is InChI=1S/C22H27N3O/c1-18-10-11-21-20(16-18)22(26-15-7-14-24-12-5-6-13-24)23-25(21)17-19-8-3-2-4-9-19/h2-4,8-11,16H,5-7,12-15,17H2,1H3. The quantitative estimate of drug-likeness (QED) is 0.597. The summed E-state index contributed by atoms with van der Waals surface area (Å²) in [6.45, 7) is 7.22. The fourth-order valence-electron chi connectivity index (χ4n) is 3.71. The van der Waals surface area contributed by atoms with Crippen molar-refractivity contribution in [3.05, 3.63) is 59.7 Å². The number of hydrogen-bond donors (Lipinski definition) is 0. The molecular formula is C22H27N3O. The maximum absolute atomic E-state index is 6.09. The van der Waals surface area contributed by atoms with Crippen LogP contribution in [0.3, 0.4) is 0 Å². The van der Waals surface area contributed by atoms with E-state index >= 15 is 0 Å². The van der Waals surface area contributed by atoms with Gasteiger partial charge in [0.2, 0.25) is 5.88 Å². The lowest BCUT2D eigenvalue weighted by Crippen LogP contribution is -2.22. The van der Waals surface area contributed by atoms with E-state index in [2.05, 4.69) is 59.0 Å². The molecule has 26 heavy (non-hydrogen) atoms. The van der Waals surface area contributed by atoms with Crippen LogP contribution in [0.4, 0.5) is 0 Å². The van der Waals surface area contributed by atoms with Crippen molar-refractivity contribution < 1.29 is 4.74 Å². The summed E-state index contributed by atoms with van der Waals surface area (Å²) in [5.74, 6) is 0.765. The second-order valence-electron chi connectivity index (χ2n) is 7.22. The van der Waals surface area contributed by atoms with Crippen LogP contribution in [-0.2, 0) is 6.54 Å². The third-order valence-corrected chi connectivity index (χ3v) is 5.10. The van der Waals surface area contributed by atoms with Crippen LogP contribution >= 0.6 is 0 Å². The summed E-state index contributed by atoms with van der Waals surface area (Å²) in [5.41, 5.74) is 3.62. The molecule has 2 heterocycles. The first-order valence-electron chi connectivity index (χ1n) is 9.66. The number of ether oxygens (including phenoxy) is 1. The Morgan fingerprint density at radius 1 is 1.04 bits per heavy atom. The first-order chi connectivity index (χ1) is 12.8. The highest BCUT2D eigenvalue weighted by atomic mass is 16.5. The topological polar surface area (TPSA) is 30.3 Å². The van der Waals surface area contributed by atoms with Gasteiger partial charge in [-0.05, 0) is 57.0 Å². The summed E-state index contributed by atoms with van der Waals surface area (Å²) >= 11 is 0. The van der Waals surface area contributed by atoms with E-state index in [-0.39, 0.29) is 0 Å². The molecule has 0 spiro atoms. The van der Waals surface area contributed by atoms with Gasteiger partial charge in [-0.25, -0.2) is 0 Å². The SMILES string of the molecule is Cc1ccc2c(c1)c(OCCCN1CCCC1)nn2Cc1ccccc1. The Morgan fingerprint density at radius 3 is 2.65 bits per heavy atom. The van der Waals surface area contributed by atoms with E-state index in [1.165, 1.54) is 37.1 Å². The van der Waals surface area contributed by atoms with Crippen molar-refractivity contribution >= 4 is 10.9 Å². The number of aryl methyl sites for hydroxylation is 1. The van der Waals surface area contributed by atoms with Crippen molar-refractivity contribution in [2.24, 2.45) is 0 Å². The first kappa shape index (κ1) is 17.1. The van der Waals surface area contributed by atoms with E-state index in [0.29, 0.717) is 0 Å². The van der Waals surface area contributed by atoms with Crippen molar-refractivity contribution in [1.82, 2.24) is 14.7 Å². The molecule has 0 N–H and O–H groups in total. The molecular weight excluding hydrogens is 322 g/mol. The number of aromatic nitrogens is 2. The highest BCUT2D eigenvalue weighted by Gasteiger charge is 2.14. The second-order valence-corrected chi connectivity index (χ2v) is 7.22. The van der Waals surface area contributed by atoms with Gasteiger partial charge in [0.25, 0.3) is 0 Å². The first-order valence-corrected chi connectivity index (χ1v) is 9.66. The molecule has 1 aromatic heterocycles. The Kier molecular flexibility index (Phi) is 5.21. The maximum atomic E-state index is 6.09. The molecule has 1 aliphatic heterocycles. The second kappa shape index (κ2) is 7.92. The third kappa shape index (κ3) is 3.91. The highest BCUT2D eigenvalue weighted by Crippen LogP contribution is 2.27. The summed E-state index contributed by atoms with van der Waals surface area (Å²) in [4.78, 5) is 2.53. The molecule has 1 saturated heterocycles. The molecule has 3 aromatic rings. The molecule has 1 aliphatic rings. The zero-order chi connectivity index (χ0) is 17.8. The lowest BCUT2D eigenvalue weighted by molar-refractivity contribution is 0.257. The predicted molar refractivity (Wildman–Crippen MR) is 106 cm³/mol. The Morgan fingerprint density at radius 2 is 1.85 bits per heavy atom. The lowest BCUT2D eigenvalue weighted by Gasteiger charge is -2.13. The van der Waals surface area contributed by atoms with Crippen molar-refractivity contribution in [3.63, 3.8) is 0 Å². The Balaban J connectivity index is 1.49. The molecule has 0 bridgehead atoms. The summed E-state index contributed by atoms with van der Waals surface area (Å²) < 4.78 is 8.15. The zero-order valence-electron chi connectivity index (χ0n) is 15.5. The maximum Gasteiger partial charge on any atom is 0.240 e. The van der Waals surface area contributed by atoms with Gasteiger partial charge in [0.1, 0.15) is 0 Å². The molecule has 1 fully saturated rings. The Bertz CT molecular complexity index is 850. The summed E-state index contributed by atoms with van der Waals surface area (Å²) in [5, 5.41) is 5.89. The van der Waals surface area contributed by atoms with E-state index in [0.717, 1.165) is 42.9 Å². The number of hydrogen-bond acceptors (Lipinski definition) is 3. The minimum absolute atomic E-state index is 0.724. The van der Waals surface area contributed by atoms with Gasteiger partial charge in [-0.15, -0.1) is 5.10 Å². The van der Waals surface area contributed by atoms with Crippen LogP contribution in [-0.4, -0.2) is 40.9 Å². The van der Waals surface area contributed by atoms with Crippen LogP contribution in [0.5, 0.6) is 5.88 Å². The average molecular weight is 349 g/mol. The minimum atomic E-state index is 0.724. The molecule has 0 aliphatic carbocycles. The number of benzene rings is 2. The lowest BCUT2D eigenvalue weighted by atomic mass is 10.1. The van der Waals surface area contributed by atoms with E-state index in [1.807, 2.05) is 6.07 Å². The normalized spacial score (nSPS) is 15.0. The van der Waals surface area contributed by atoms with Crippen molar-refractivity contribution in [2.75, 3.05) is 26.2 Å². The number of nitrogens with zero attached hydrogens (tertiary/aromatic N) is 3. The van der Waals surface area contributed by atoms with Gasteiger partial charge < -0.3 is 9.64 Å². The summed E-state index contributed by atoms with van der Waals surface area (Å²) in [6.07, 6.45) is 3.74. The molecule has 4 heteroatoms. The van der Waals surface area contributed by atoms with Crippen molar-refractivity contribution in [2.45, 2.75) is 32.7 Å². The summed E-state index contributed by atoms with van der Waals surface area (Å²) in [6, 6.07) is 16.9. The molecule has 0 saturated carbocycles.